The number of rotatable bonds is 6. The van der Waals surface area contributed by atoms with Crippen LogP contribution in [0.2, 0.25) is 5.02 Å². The fraction of sp³-hybridized carbons (Fsp3) is 0.200. The van der Waals surface area contributed by atoms with Crippen molar-refractivity contribution in [3.8, 4) is 5.75 Å². The molecule has 6 heteroatoms. The number of benzene rings is 2. The molecule has 0 N–H and O–H groups in total. The number of ether oxygens (including phenoxy) is 1. The van der Waals surface area contributed by atoms with Crippen LogP contribution in [0, 0.1) is 10.1 Å². The third kappa shape index (κ3) is 4.19. The van der Waals surface area contributed by atoms with Gasteiger partial charge in [0, 0.05) is 23.4 Å². The van der Waals surface area contributed by atoms with E-state index in [0.717, 1.165) is 5.33 Å². The summed E-state index contributed by atoms with van der Waals surface area (Å²) in [4.78, 5) is 10.2. The van der Waals surface area contributed by atoms with Gasteiger partial charge >= 0.3 is 0 Å². The summed E-state index contributed by atoms with van der Waals surface area (Å²) >= 11 is 9.34. The molecular formula is C15H13BrClNO3. The molecule has 0 fully saturated rings. The topological polar surface area (TPSA) is 52.4 Å². The van der Waals surface area contributed by atoms with Gasteiger partial charge in [-0.2, -0.15) is 0 Å². The number of alkyl halides is 1. The maximum Gasteiger partial charge on any atom is 0.288 e. The first kappa shape index (κ1) is 15.8. The van der Waals surface area contributed by atoms with E-state index >= 15 is 0 Å². The summed E-state index contributed by atoms with van der Waals surface area (Å²) in [6.07, 6.45) is 0. The van der Waals surface area contributed by atoms with E-state index in [1.807, 2.05) is 30.3 Å². The van der Waals surface area contributed by atoms with Gasteiger partial charge in [0.1, 0.15) is 10.8 Å². The number of nitrogens with zero attached hydrogens (tertiary/aromatic N) is 1. The van der Waals surface area contributed by atoms with E-state index in [9.17, 15) is 10.1 Å². The van der Waals surface area contributed by atoms with E-state index in [0.29, 0.717) is 12.4 Å². The summed E-state index contributed by atoms with van der Waals surface area (Å²) in [6.45, 7) is 0.462. The summed E-state index contributed by atoms with van der Waals surface area (Å²) in [5.41, 5.74) is 1.05. The molecule has 0 saturated carbocycles. The Labute approximate surface area is 136 Å². The minimum Gasteiger partial charge on any atom is -0.493 e. The molecular weight excluding hydrogens is 358 g/mol. The highest BCUT2D eigenvalue weighted by molar-refractivity contribution is 9.09. The van der Waals surface area contributed by atoms with Crippen molar-refractivity contribution in [1.29, 1.82) is 0 Å². The predicted octanol–water partition coefficient (Wildman–Crippen LogP) is 4.81. The molecule has 4 nitrogen and oxygen atoms in total. The number of nitro benzene ring substituents is 1. The molecule has 110 valence electrons. The fourth-order valence-corrected chi connectivity index (χ4v) is 2.68. The highest BCUT2D eigenvalue weighted by Gasteiger charge is 2.14. The number of nitro groups is 1. The Morgan fingerprint density at radius 2 is 1.95 bits per heavy atom. The molecule has 1 atom stereocenters. The van der Waals surface area contributed by atoms with Gasteiger partial charge in [0.2, 0.25) is 0 Å². The molecule has 2 aromatic carbocycles. The fourth-order valence-electron chi connectivity index (χ4n) is 1.88. The third-order valence-corrected chi connectivity index (χ3v) is 4.11. The first-order chi connectivity index (χ1) is 10.1. The van der Waals surface area contributed by atoms with Crippen LogP contribution in [0.5, 0.6) is 5.75 Å². The van der Waals surface area contributed by atoms with Crippen LogP contribution >= 0.6 is 27.5 Å². The van der Waals surface area contributed by atoms with Crippen molar-refractivity contribution in [2.75, 3.05) is 11.9 Å². The Bertz CT molecular complexity index is 622. The van der Waals surface area contributed by atoms with E-state index in [-0.39, 0.29) is 16.6 Å². The lowest BCUT2D eigenvalue weighted by Crippen LogP contribution is -2.11. The second kappa shape index (κ2) is 7.43. The van der Waals surface area contributed by atoms with Gasteiger partial charge in [-0.15, -0.1) is 0 Å². The van der Waals surface area contributed by atoms with Crippen molar-refractivity contribution in [3.63, 3.8) is 0 Å². The minimum absolute atomic E-state index is 0.0765. The zero-order valence-electron chi connectivity index (χ0n) is 11.0. The Balaban J connectivity index is 2.05. The van der Waals surface area contributed by atoms with Crippen LogP contribution in [-0.4, -0.2) is 16.9 Å². The molecule has 0 amide bonds. The lowest BCUT2D eigenvalue weighted by molar-refractivity contribution is -0.384. The SMILES string of the molecule is O=[N+]([O-])c1ccc(OCC(CBr)c2ccccc2)cc1Cl. The highest BCUT2D eigenvalue weighted by atomic mass is 79.9. The molecule has 0 spiro atoms. The smallest absolute Gasteiger partial charge is 0.288 e. The zero-order valence-corrected chi connectivity index (χ0v) is 13.4. The van der Waals surface area contributed by atoms with Gasteiger partial charge in [0.15, 0.2) is 0 Å². The van der Waals surface area contributed by atoms with Crippen molar-refractivity contribution < 1.29 is 9.66 Å². The second-order valence-corrected chi connectivity index (χ2v) is 5.50. The molecule has 2 rings (SSSR count). The van der Waals surface area contributed by atoms with Crippen LogP contribution < -0.4 is 4.74 Å². The van der Waals surface area contributed by atoms with Gasteiger partial charge in [-0.1, -0.05) is 57.9 Å². The maximum atomic E-state index is 10.7. The van der Waals surface area contributed by atoms with Gasteiger partial charge in [-0.25, -0.2) is 0 Å². The first-order valence-corrected chi connectivity index (χ1v) is 7.79. The molecule has 0 aliphatic carbocycles. The Morgan fingerprint density at radius 3 is 2.52 bits per heavy atom. The van der Waals surface area contributed by atoms with Crippen molar-refractivity contribution >= 4 is 33.2 Å². The quantitative estimate of drug-likeness (QED) is 0.417. The average Bonchev–Trinajstić information content (AvgIpc) is 2.48. The number of hydrogen-bond acceptors (Lipinski definition) is 3. The molecule has 0 bridgehead atoms. The van der Waals surface area contributed by atoms with Crippen molar-refractivity contribution in [3.05, 3.63) is 69.2 Å². The standard InChI is InChI=1S/C15H13BrClNO3/c16-9-12(11-4-2-1-3-5-11)10-21-13-6-7-15(18(19)20)14(17)8-13/h1-8,12H,9-10H2. The molecule has 0 radical (unpaired) electrons. The summed E-state index contributed by atoms with van der Waals surface area (Å²) in [5, 5.41) is 11.5. The van der Waals surface area contributed by atoms with E-state index < -0.39 is 4.92 Å². The number of halogens is 2. The number of hydrogen-bond donors (Lipinski definition) is 0. The Kier molecular flexibility index (Phi) is 5.59. The van der Waals surface area contributed by atoms with E-state index in [1.54, 1.807) is 6.07 Å². The van der Waals surface area contributed by atoms with Gasteiger partial charge < -0.3 is 4.74 Å². The van der Waals surface area contributed by atoms with E-state index in [4.69, 9.17) is 16.3 Å². The molecule has 2 aromatic rings. The van der Waals surface area contributed by atoms with Crippen molar-refractivity contribution in [1.82, 2.24) is 0 Å². The first-order valence-electron chi connectivity index (χ1n) is 6.29. The van der Waals surface area contributed by atoms with Crippen LogP contribution in [0.15, 0.2) is 48.5 Å². The minimum atomic E-state index is -0.516. The van der Waals surface area contributed by atoms with Gasteiger partial charge in [-0.3, -0.25) is 10.1 Å². The van der Waals surface area contributed by atoms with Crippen LogP contribution in [0.1, 0.15) is 11.5 Å². The normalized spacial score (nSPS) is 11.9. The largest absolute Gasteiger partial charge is 0.493 e. The van der Waals surface area contributed by atoms with Crippen LogP contribution in [0.3, 0.4) is 0 Å². The third-order valence-electron chi connectivity index (χ3n) is 3.02. The molecule has 0 aliphatic heterocycles. The summed E-state index contributed by atoms with van der Waals surface area (Å²) in [5.74, 6) is 0.715. The lowest BCUT2D eigenvalue weighted by Gasteiger charge is -2.15. The molecule has 0 aromatic heterocycles. The van der Waals surface area contributed by atoms with Gasteiger partial charge in [0.25, 0.3) is 5.69 Å². The molecule has 1 unspecified atom stereocenters. The molecule has 21 heavy (non-hydrogen) atoms. The summed E-state index contributed by atoms with van der Waals surface area (Å²) < 4.78 is 5.69. The van der Waals surface area contributed by atoms with Crippen molar-refractivity contribution in [2.24, 2.45) is 0 Å². The monoisotopic (exact) mass is 369 g/mol. The lowest BCUT2D eigenvalue weighted by atomic mass is 10.0. The average molecular weight is 371 g/mol. The predicted molar refractivity (Wildman–Crippen MR) is 86.6 cm³/mol. The van der Waals surface area contributed by atoms with E-state index in [1.165, 1.54) is 17.7 Å². The maximum absolute atomic E-state index is 10.7. The van der Waals surface area contributed by atoms with Gasteiger partial charge in [-0.05, 0) is 11.6 Å². The second-order valence-electron chi connectivity index (χ2n) is 4.44. The van der Waals surface area contributed by atoms with Crippen molar-refractivity contribution in [2.45, 2.75) is 5.92 Å². The Morgan fingerprint density at radius 1 is 1.24 bits per heavy atom. The Hall–Kier alpha value is -1.59. The van der Waals surface area contributed by atoms with Gasteiger partial charge in [0.05, 0.1) is 11.5 Å². The highest BCUT2D eigenvalue weighted by Crippen LogP contribution is 2.29. The zero-order chi connectivity index (χ0) is 15.2. The molecule has 0 saturated heterocycles. The molecule has 0 aliphatic rings. The van der Waals surface area contributed by atoms with Crippen LogP contribution in [0.4, 0.5) is 5.69 Å². The van der Waals surface area contributed by atoms with Crippen LogP contribution in [0.25, 0.3) is 0 Å². The molecule has 0 heterocycles. The van der Waals surface area contributed by atoms with Crippen LogP contribution in [-0.2, 0) is 0 Å². The van der Waals surface area contributed by atoms with E-state index in [2.05, 4.69) is 15.9 Å². The summed E-state index contributed by atoms with van der Waals surface area (Å²) in [7, 11) is 0. The summed E-state index contributed by atoms with van der Waals surface area (Å²) in [6, 6.07) is 14.4.